The molecule has 0 aromatic carbocycles. The van der Waals surface area contributed by atoms with E-state index in [9.17, 15) is 0 Å². The fourth-order valence-corrected chi connectivity index (χ4v) is 2.29. The van der Waals surface area contributed by atoms with Crippen molar-refractivity contribution in [1.82, 2.24) is 25.2 Å². The van der Waals surface area contributed by atoms with Crippen molar-refractivity contribution in [1.29, 1.82) is 0 Å². The first-order chi connectivity index (χ1) is 11.6. The zero-order valence-corrected chi connectivity index (χ0v) is 14.8. The van der Waals surface area contributed by atoms with Crippen molar-refractivity contribution in [3.63, 3.8) is 0 Å². The molecule has 2 aromatic heterocycles. The van der Waals surface area contributed by atoms with E-state index in [1.165, 1.54) is 0 Å². The third-order valence-corrected chi connectivity index (χ3v) is 3.45. The highest BCUT2D eigenvalue weighted by molar-refractivity contribution is 5.80. The lowest BCUT2D eigenvalue weighted by atomic mass is 10.3. The molecule has 7 nitrogen and oxygen atoms in total. The summed E-state index contributed by atoms with van der Waals surface area (Å²) >= 11 is 0. The Morgan fingerprint density at radius 2 is 2.21 bits per heavy atom. The van der Waals surface area contributed by atoms with Crippen LogP contribution in [0.4, 0.5) is 0 Å². The van der Waals surface area contributed by atoms with Crippen LogP contribution < -0.4 is 10.6 Å². The summed E-state index contributed by atoms with van der Waals surface area (Å²) in [4.78, 5) is 13.3. The Morgan fingerprint density at radius 1 is 1.38 bits per heavy atom. The van der Waals surface area contributed by atoms with E-state index in [1.807, 2.05) is 42.9 Å². The molecule has 0 aliphatic rings. The lowest BCUT2D eigenvalue weighted by Crippen LogP contribution is -2.43. The average molecular weight is 330 g/mol. The minimum atomic E-state index is 0.192. The number of nitrogens with zero attached hydrogens (tertiary/aromatic N) is 4. The molecule has 0 radical (unpaired) electrons. The number of guanidine groups is 1. The van der Waals surface area contributed by atoms with E-state index >= 15 is 0 Å². The third-order valence-electron chi connectivity index (χ3n) is 3.45. The van der Waals surface area contributed by atoms with Gasteiger partial charge in [-0.3, -0.25) is 4.57 Å². The van der Waals surface area contributed by atoms with Gasteiger partial charge in [0.1, 0.15) is 11.6 Å². The second kappa shape index (κ2) is 9.02. The maximum absolute atomic E-state index is 5.14. The van der Waals surface area contributed by atoms with Crippen LogP contribution in [0.25, 0.3) is 5.82 Å². The Labute approximate surface area is 143 Å². The van der Waals surface area contributed by atoms with Crippen LogP contribution in [0.3, 0.4) is 0 Å². The number of methoxy groups -OCH3 is 1. The van der Waals surface area contributed by atoms with Gasteiger partial charge in [-0.1, -0.05) is 6.07 Å². The first-order valence-corrected chi connectivity index (χ1v) is 8.13. The number of aromatic nitrogens is 3. The van der Waals surface area contributed by atoms with Crippen molar-refractivity contribution in [2.45, 2.75) is 33.4 Å². The molecule has 0 amide bonds. The molecule has 0 aliphatic heterocycles. The van der Waals surface area contributed by atoms with Crippen LogP contribution in [0.15, 0.2) is 35.7 Å². The monoisotopic (exact) mass is 330 g/mol. The molecule has 7 heteroatoms. The highest BCUT2D eigenvalue weighted by Gasteiger charge is 2.05. The van der Waals surface area contributed by atoms with Gasteiger partial charge < -0.3 is 15.4 Å². The maximum atomic E-state index is 5.14. The quantitative estimate of drug-likeness (QED) is 0.596. The summed E-state index contributed by atoms with van der Waals surface area (Å²) in [5, 5.41) is 6.55. The van der Waals surface area contributed by atoms with Crippen molar-refractivity contribution in [3.05, 3.63) is 42.1 Å². The summed E-state index contributed by atoms with van der Waals surface area (Å²) in [6.07, 6.45) is 5.52. The van der Waals surface area contributed by atoms with Crippen molar-refractivity contribution in [2.24, 2.45) is 4.99 Å². The van der Waals surface area contributed by atoms with Crippen LogP contribution in [0.1, 0.15) is 25.2 Å². The first kappa shape index (κ1) is 17.9. The van der Waals surface area contributed by atoms with E-state index in [-0.39, 0.29) is 6.04 Å². The number of hydrogen-bond donors (Lipinski definition) is 2. The summed E-state index contributed by atoms with van der Waals surface area (Å²) in [6.45, 7) is 8.05. The highest BCUT2D eigenvalue weighted by atomic mass is 16.5. The average Bonchev–Trinajstić information content (AvgIpc) is 2.99. The van der Waals surface area contributed by atoms with Gasteiger partial charge in [0.05, 0.1) is 13.2 Å². The summed E-state index contributed by atoms with van der Waals surface area (Å²) in [6, 6.07) is 4.21. The zero-order valence-electron chi connectivity index (χ0n) is 14.8. The molecule has 2 rings (SSSR count). The fourth-order valence-electron chi connectivity index (χ4n) is 2.29. The number of pyridine rings is 1. The molecule has 0 bridgehead atoms. The highest BCUT2D eigenvalue weighted by Crippen LogP contribution is 2.09. The molecular weight excluding hydrogens is 304 g/mol. The smallest absolute Gasteiger partial charge is 0.191 e. The van der Waals surface area contributed by atoms with Gasteiger partial charge in [-0.15, -0.1) is 0 Å². The van der Waals surface area contributed by atoms with Gasteiger partial charge >= 0.3 is 0 Å². The van der Waals surface area contributed by atoms with E-state index in [0.29, 0.717) is 13.2 Å². The van der Waals surface area contributed by atoms with Gasteiger partial charge in [-0.25, -0.2) is 15.0 Å². The maximum Gasteiger partial charge on any atom is 0.191 e. The molecule has 1 unspecified atom stereocenters. The molecule has 0 fully saturated rings. The van der Waals surface area contributed by atoms with Gasteiger partial charge in [0, 0.05) is 38.3 Å². The number of aliphatic imine (C=N–C) groups is 1. The largest absolute Gasteiger partial charge is 0.383 e. The SMILES string of the molecule is CCNC(=NCc1ccc(-n2ccnc2C)nc1)NC(C)COC. The molecule has 0 aliphatic carbocycles. The van der Waals surface area contributed by atoms with Crippen LogP contribution in [-0.4, -0.2) is 46.8 Å². The second-order valence-corrected chi connectivity index (χ2v) is 5.56. The number of hydrogen-bond acceptors (Lipinski definition) is 4. The molecule has 2 aromatic rings. The summed E-state index contributed by atoms with van der Waals surface area (Å²) in [5.74, 6) is 2.55. The standard InChI is InChI=1S/C17H26N6O/c1-5-18-17(22-13(2)12-24-4)21-11-15-6-7-16(20-10-15)23-9-8-19-14(23)3/h6-10,13H,5,11-12H2,1-4H3,(H2,18,21,22). The molecule has 0 spiro atoms. The number of ether oxygens (including phenoxy) is 1. The van der Waals surface area contributed by atoms with Gasteiger partial charge in [-0.05, 0) is 32.4 Å². The van der Waals surface area contributed by atoms with Gasteiger partial charge in [0.2, 0.25) is 0 Å². The van der Waals surface area contributed by atoms with Gasteiger partial charge in [0.15, 0.2) is 5.96 Å². The lowest BCUT2D eigenvalue weighted by Gasteiger charge is -2.17. The topological polar surface area (TPSA) is 76.4 Å². The number of nitrogens with one attached hydrogen (secondary N) is 2. The van der Waals surface area contributed by atoms with E-state index in [1.54, 1.807) is 13.3 Å². The van der Waals surface area contributed by atoms with Crippen molar-refractivity contribution in [3.8, 4) is 5.82 Å². The Hall–Kier alpha value is -2.41. The minimum absolute atomic E-state index is 0.192. The molecule has 24 heavy (non-hydrogen) atoms. The van der Waals surface area contributed by atoms with Gasteiger partial charge in [-0.2, -0.15) is 0 Å². The Bertz CT molecular complexity index is 649. The van der Waals surface area contributed by atoms with Gasteiger partial charge in [0.25, 0.3) is 0 Å². The number of imidazole rings is 1. The molecule has 2 heterocycles. The molecule has 0 saturated carbocycles. The third kappa shape index (κ3) is 5.06. The predicted molar refractivity (Wildman–Crippen MR) is 95.4 cm³/mol. The molecule has 2 N–H and O–H groups in total. The van der Waals surface area contributed by atoms with Crippen molar-refractivity contribution in [2.75, 3.05) is 20.3 Å². The summed E-state index contributed by atoms with van der Waals surface area (Å²) in [7, 11) is 1.69. The van der Waals surface area contributed by atoms with Crippen LogP contribution in [-0.2, 0) is 11.3 Å². The summed E-state index contributed by atoms with van der Waals surface area (Å²) < 4.78 is 7.09. The number of rotatable bonds is 7. The molecule has 130 valence electrons. The molecular formula is C17H26N6O. The van der Waals surface area contributed by atoms with E-state index in [2.05, 4.69) is 32.5 Å². The fraction of sp³-hybridized carbons (Fsp3) is 0.471. The van der Waals surface area contributed by atoms with E-state index in [4.69, 9.17) is 4.74 Å². The minimum Gasteiger partial charge on any atom is -0.383 e. The Balaban J connectivity index is 2.01. The van der Waals surface area contributed by atoms with Crippen LogP contribution in [0.2, 0.25) is 0 Å². The number of aryl methyl sites for hydroxylation is 1. The first-order valence-electron chi connectivity index (χ1n) is 8.13. The van der Waals surface area contributed by atoms with Crippen molar-refractivity contribution >= 4 is 5.96 Å². The predicted octanol–water partition coefficient (Wildman–Crippen LogP) is 1.67. The molecule has 1 atom stereocenters. The second-order valence-electron chi connectivity index (χ2n) is 5.56. The van der Waals surface area contributed by atoms with Crippen molar-refractivity contribution < 1.29 is 4.74 Å². The van der Waals surface area contributed by atoms with Crippen LogP contribution in [0.5, 0.6) is 0 Å². The molecule has 0 saturated heterocycles. The normalized spacial score (nSPS) is 12.9. The zero-order chi connectivity index (χ0) is 17.4. The van der Waals surface area contributed by atoms with E-state index in [0.717, 1.165) is 29.7 Å². The van der Waals surface area contributed by atoms with E-state index < -0.39 is 0 Å². The van der Waals surface area contributed by atoms with Crippen LogP contribution in [0, 0.1) is 6.92 Å². The Kier molecular flexibility index (Phi) is 6.74. The Morgan fingerprint density at radius 3 is 2.79 bits per heavy atom. The lowest BCUT2D eigenvalue weighted by molar-refractivity contribution is 0.179. The summed E-state index contributed by atoms with van der Waals surface area (Å²) in [5.41, 5.74) is 1.05. The van der Waals surface area contributed by atoms with Crippen LogP contribution >= 0.6 is 0 Å².